The summed E-state index contributed by atoms with van der Waals surface area (Å²) in [5.74, 6) is 1.14. The van der Waals surface area contributed by atoms with Crippen molar-refractivity contribution in [3.63, 3.8) is 0 Å². The predicted octanol–water partition coefficient (Wildman–Crippen LogP) is 10.2. The Morgan fingerprint density at radius 3 is 2.48 bits per heavy atom. The van der Waals surface area contributed by atoms with Crippen molar-refractivity contribution in [1.82, 2.24) is 18.5 Å². The minimum atomic E-state index is -2.35. The van der Waals surface area contributed by atoms with Crippen molar-refractivity contribution in [3.8, 4) is 28.4 Å². The Bertz CT molecular complexity index is 2790. The molecule has 244 valence electrons. The van der Waals surface area contributed by atoms with E-state index in [1.54, 1.807) is 17.0 Å². The van der Waals surface area contributed by atoms with Gasteiger partial charge in [0.1, 0.15) is 0 Å². The van der Waals surface area contributed by atoms with Gasteiger partial charge in [-0.05, 0) is 36.2 Å². The Morgan fingerprint density at radius 1 is 0.833 bits per heavy atom. The molecule has 6 heteroatoms. The van der Waals surface area contributed by atoms with Crippen molar-refractivity contribution < 1.29 is 32.3 Å². The van der Waals surface area contributed by atoms with Gasteiger partial charge < -0.3 is 0 Å². The topological polar surface area (TPSA) is 36.4 Å². The van der Waals surface area contributed by atoms with Crippen LogP contribution in [0.2, 0.25) is 0 Å². The Labute approximate surface area is 300 Å². The van der Waals surface area contributed by atoms with E-state index in [1.807, 2.05) is 67.9 Å². The second-order valence-electron chi connectivity index (χ2n) is 14.8. The molecule has 4 heterocycles. The quantitative estimate of drug-likeness (QED) is 0.167. The first-order valence-corrected chi connectivity index (χ1v) is 17.6. The molecule has 0 radical (unpaired) electrons. The monoisotopic (exact) mass is 817 g/mol. The van der Waals surface area contributed by atoms with Gasteiger partial charge in [0.05, 0.1) is 0 Å². The summed E-state index contributed by atoms with van der Waals surface area (Å²) in [6, 6.07) is 25.8. The number of nitrogens with zero attached hydrogens (tertiary/aromatic N) is 4. The summed E-state index contributed by atoms with van der Waals surface area (Å²) in [6.45, 7) is 7.02. The molecule has 9 rings (SSSR count). The molecule has 0 fully saturated rings. The second-order valence-corrected chi connectivity index (χ2v) is 15.8. The van der Waals surface area contributed by atoms with Crippen molar-refractivity contribution >= 4 is 27.3 Å². The van der Waals surface area contributed by atoms with Gasteiger partial charge in [-0.15, -0.1) is 0 Å². The third-order valence-electron chi connectivity index (χ3n) is 11.6. The first kappa shape index (κ1) is 24.0. The van der Waals surface area contributed by atoms with Crippen LogP contribution in [-0.2, 0) is 42.6 Å². The number of fused-ring (bicyclic) bond motifs is 5. The van der Waals surface area contributed by atoms with Crippen molar-refractivity contribution in [1.29, 1.82) is 0 Å². The fraction of sp³-hybridized carbons (Fsp3) is 0.286. The number of hydrogen-bond donors (Lipinski definition) is 0. The number of hydrogen-bond acceptors (Lipinski definition) is 2. The smallest absolute Gasteiger partial charge is 0.0197 e. The summed E-state index contributed by atoms with van der Waals surface area (Å²) in [6.07, 6.45) is 5.18. The van der Waals surface area contributed by atoms with Crippen molar-refractivity contribution in [2.45, 2.75) is 70.6 Å². The van der Waals surface area contributed by atoms with Gasteiger partial charge in [0.25, 0.3) is 0 Å². The van der Waals surface area contributed by atoms with Crippen LogP contribution in [0.4, 0.5) is 0 Å². The van der Waals surface area contributed by atoms with Crippen LogP contribution in [-0.4, -0.2) is 18.5 Å². The average Bonchev–Trinajstić information content (AvgIpc) is 3.71. The fourth-order valence-electron chi connectivity index (χ4n) is 8.49. The standard InChI is InChI=1S/C42H40N4O.Pt/c1-26-15-18-34-37-35(26)30-17-16-29(47-28-12-10-11-27(23-28)45-22-21-44(7)25-45)24-32(30)39-43-36-31-13-8-9-14-33(31)40(2,3)19-20-42(6,41(34,4)5)38(36)46(37)39;/h8-18,21-24H,19-20H2,1-7H3;/i1D3,7D3;. The second kappa shape index (κ2) is 9.92. The SMILES string of the molecule is [2H]C([2H])([2H])c1ccc2c3c1c1ccc(Oc4cccc(-n5ccn(C([2H])([2H])[2H])[c]5=[Pt])c4)cc1c1nc4c(n13)C(C)(CCC(C)(C)c1ccccc1-4)C2(C)C. The summed E-state index contributed by atoms with van der Waals surface area (Å²) in [7, 11) is 0. The molecular weight excluding hydrogens is 772 g/mol. The van der Waals surface area contributed by atoms with Crippen LogP contribution in [0.25, 0.3) is 44.3 Å². The fourth-order valence-corrected chi connectivity index (χ4v) is 9.12. The molecule has 2 aliphatic rings. The average molecular weight is 818 g/mol. The summed E-state index contributed by atoms with van der Waals surface area (Å²) in [4.78, 5) is 5.57. The molecule has 0 bridgehead atoms. The maximum absolute atomic E-state index is 8.70. The largest absolute Gasteiger partial charge is 0.0619 e. The van der Waals surface area contributed by atoms with Crippen molar-refractivity contribution in [2.75, 3.05) is 0 Å². The molecule has 3 aromatic heterocycles. The normalized spacial score (nSPS) is 21.5. The number of pyridine rings is 1. The Balaban J connectivity index is 1.33. The molecule has 1 aliphatic heterocycles. The summed E-state index contributed by atoms with van der Waals surface area (Å²) in [5, 5.41) is 2.34. The van der Waals surface area contributed by atoms with Crippen LogP contribution in [0.1, 0.15) is 78.1 Å². The van der Waals surface area contributed by atoms with E-state index in [4.69, 9.17) is 17.9 Å². The minimum Gasteiger partial charge on any atom is -0.0619 e. The van der Waals surface area contributed by atoms with Crippen LogP contribution in [0, 0.1) is 10.7 Å². The van der Waals surface area contributed by atoms with E-state index in [9.17, 15) is 0 Å². The van der Waals surface area contributed by atoms with Crippen LogP contribution in [0.5, 0.6) is 11.5 Å². The third kappa shape index (κ3) is 3.88. The first-order chi connectivity index (χ1) is 25.3. The summed E-state index contributed by atoms with van der Waals surface area (Å²) in [5.41, 5.74) is 7.57. The van der Waals surface area contributed by atoms with Crippen LogP contribution >= 0.6 is 0 Å². The molecule has 1 aliphatic carbocycles. The van der Waals surface area contributed by atoms with E-state index in [0.29, 0.717) is 20.9 Å². The van der Waals surface area contributed by atoms with E-state index in [1.165, 1.54) is 10.1 Å². The van der Waals surface area contributed by atoms with E-state index >= 15 is 0 Å². The van der Waals surface area contributed by atoms with Gasteiger partial charge in [0.15, 0.2) is 0 Å². The Hall–Kier alpha value is -4.21. The number of aryl methyl sites for hydroxylation is 2. The maximum Gasteiger partial charge on any atom is 0.0197 e. The Morgan fingerprint density at radius 2 is 1.67 bits per heavy atom. The molecule has 1 atom stereocenters. The van der Waals surface area contributed by atoms with Crippen LogP contribution < -0.4 is 4.74 Å². The van der Waals surface area contributed by atoms with Gasteiger partial charge in [-0.25, -0.2) is 0 Å². The van der Waals surface area contributed by atoms with Gasteiger partial charge >= 0.3 is 174 Å². The van der Waals surface area contributed by atoms with Crippen molar-refractivity contribution in [2.24, 2.45) is 6.98 Å². The minimum absolute atomic E-state index is 0.0900. The maximum atomic E-state index is 8.70. The van der Waals surface area contributed by atoms with Crippen LogP contribution in [0.3, 0.4) is 0 Å². The first-order valence-electron chi connectivity index (χ1n) is 19.4. The molecule has 0 saturated heterocycles. The van der Waals surface area contributed by atoms with Gasteiger partial charge in [-0.3, -0.25) is 0 Å². The Kier molecular flexibility index (Phi) is 4.96. The van der Waals surface area contributed by atoms with Gasteiger partial charge in [-0.2, -0.15) is 0 Å². The van der Waals surface area contributed by atoms with E-state index in [0.717, 1.165) is 68.4 Å². The molecule has 0 saturated carbocycles. The zero-order chi connectivity index (χ0) is 38.3. The van der Waals surface area contributed by atoms with E-state index in [-0.39, 0.29) is 16.2 Å². The van der Waals surface area contributed by atoms with E-state index < -0.39 is 13.8 Å². The number of benzene rings is 4. The molecule has 0 spiro atoms. The molecule has 7 aromatic rings. The molecule has 5 nitrogen and oxygen atoms in total. The van der Waals surface area contributed by atoms with Gasteiger partial charge in [-0.1, -0.05) is 71.0 Å². The summed E-state index contributed by atoms with van der Waals surface area (Å²) >= 11 is 2.02. The van der Waals surface area contributed by atoms with Crippen LogP contribution in [0.15, 0.2) is 91.3 Å². The van der Waals surface area contributed by atoms with Gasteiger partial charge in [0, 0.05) is 20.5 Å². The number of aromatic nitrogens is 4. The van der Waals surface area contributed by atoms with Gasteiger partial charge in [0.2, 0.25) is 0 Å². The third-order valence-corrected chi connectivity index (χ3v) is 12.7. The number of imidazole rings is 2. The zero-order valence-corrected chi connectivity index (χ0v) is 29.9. The number of ether oxygens (including phenoxy) is 1. The molecule has 1 unspecified atom stereocenters. The predicted molar refractivity (Wildman–Crippen MR) is 191 cm³/mol. The van der Waals surface area contributed by atoms with Crippen molar-refractivity contribution in [3.05, 3.63) is 117 Å². The van der Waals surface area contributed by atoms with E-state index in [2.05, 4.69) is 69.4 Å². The molecule has 48 heavy (non-hydrogen) atoms. The molecular formula is C42H40N4OPt. The number of rotatable bonds is 3. The molecule has 4 aromatic carbocycles. The molecule has 0 amide bonds. The molecule has 0 N–H and O–H groups in total. The zero-order valence-electron chi connectivity index (χ0n) is 33.6. The summed E-state index contributed by atoms with van der Waals surface area (Å²) < 4.78 is 62.2.